The first-order valence-electron chi connectivity index (χ1n) is 13.4. The fourth-order valence-electron chi connectivity index (χ4n) is 9.47. The molecule has 0 saturated heterocycles. The van der Waals surface area contributed by atoms with Crippen LogP contribution in [0.5, 0.6) is 0 Å². The van der Waals surface area contributed by atoms with Crippen LogP contribution in [0.3, 0.4) is 0 Å². The van der Waals surface area contributed by atoms with Gasteiger partial charge in [-0.3, -0.25) is 0 Å². The minimum absolute atomic E-state index is 0.106. The maximum absolute atomic E-state index is 11.7. The third-order valence-corrected chi connectivity index (χ3v) is 11.0. The van der Waals surface area contributed by atoms with Crippen molar-refractivity contribution in [2.75, 3.05) is 0 Å². The Balaban J connectivity index is 1.58. The highest BCUT2D eigenvalue weighted by Gasteiger charge is 2.63. The Kier molecular flexibility index (Phi) is 6.05. The average molecular weight is 415 g/mol. The van der Waals surface area contributed by atoms with E-state index in [0.29, 0.717) is 22.7 Å². The molecule has 1 nitrogen and oxygen atoms in total. The lowest BCUT2D eigenvalue weighted by molar-refractivity contribution is -0.137. The van der Waals surface area contributed by atoms with E-state index in [1.807, 2.05) is 0 Å². The van der Waals surface area contributed by atoms with Crippen LogP contribution in [0.2, 0.25) is 0 Å². The van der Waals surface area contributed by atoms with Crippen LogP contribution in [-0.4, -0.2) is 11.2 Å². The number of allylic oxidation sites excluding steroid dienone is 2. The molecule has 0 aromatic rings. The Hall–Kier alpha value is -0.300. The minimum Gasteiger partial charge on any atom is -0.393 e. The van der Waals surface area contributed by atoms with Gasteiger partial charge in [0.2, 0.25) is 0 Å². The third kappa shape index (κ3) is 3.45. The maximum atomic E-state index is 11.7. The number of aliphatic hydroxyl groups is 1. The zero-order chi connectivity index (χ0) is 21.9. The van der Waals surface area contributed by atoms with E-state index in [1.54, 1.807) is 5.57 Å². The molecule has 0 radical (unpaired) electrons. The van der Waals surface area contributed by atoms with Gasteiger partial charge < -0.3 is 5.11 Å². The Labute approximate surface area is 187 Å². The maximum Gasteiger partial charge on any atom is 0.0602 e. The zero-order valence-corrected chi connectivity index (χ0v) is 21.1. The molecule has 0 aromatic carbocycles. The van der Waals surface area contributed by atoms with Gasteiger partial charge in [0.25, 0.3) is 0 Å². The fraction of sp³-hybridized carbons (Fsp3) is 0.931. The zero-order valence-electron chi connectivity index (χ0n) is 21.1. The number of rotatable bonds is 5. The van der Waals surface area contributed by atoms with E-state index in [1.165, 1.54) is 57.8 Å². The van der Waals surface area contributed by atoms with E-state index >= 15 is 0 Å². The van der Waals surface area contributed by atoms with Crippen molar-refractivity contribution in [3.05, 3.63) is 11.6 Å². The van der Waals surface area contributed by atoms with Crippen molar-refractivity contribution >= 4 is 0 Å². The summed E-state index contributed by atoms with van der Waals surface area (Å²) in [4.78, 5) is 0. The second kappa shape index (κ2) is 7.93. The van der Waals surface area contributed by atoms with Crippen molar-refractivity contribution in [2.45, 2.75) is 119 Å². The molecule has 4 aliphatic carbocycles. The monoisotopic (exact) mass is 414 g/mol. The molecule has 0 spiro atoms. The standard InChI is InChI=1S/C29H50O/c1-19(2)10-8-11-20(3)22-13-14-23-21-12-15-25-27(4,5)16-9-17-28(25,6)24(21)18-26(30)29(22,23)7/h15,19-24,26,30H,8-14,16-18H2,1-7H3/t20?,21-,22+,23-,24-,26-,28+,29+/m0/s1. The topological polar surface area (TPSA) is 20.2 Å². The first-order valence-corrected chi connectivity index (χ1v) is 13.4. The van der Waals surface area contributed by atoms with Crippen LogP contribution in [0, 0.1) is 51.8 Å². The summed E-state index contributed by atoms with van der Waals surface area (Å²) in [6, 6.07) is 0. The molecule has 8 atom stereocenters. The predicted octanol–water partition coefficient (Wildman–Crippen LogP) is 8.02. The Morgan fingerprint density at radius 1 is 1.00 bits per heavy atom. The van der Waals surface area contributed by atoms with Gasteiger partial charge in [-0.25, -0.2) is 0 Å². The first kappa shape index (κ1) is 22.9. The van der Waals surface area contributed by atoms with Crippen LogP contribution in [0.4, 0.5) is 0 Å². The summed E-state index contributed by atoms with van der Waals surface area (Å²) in [6.07, 6.45) is 15.7. The highest BCUT2D eigenvalue weighted by Crippen LogP contribution is 2.68. The van der Waals surface area contributed by atoms with E-state index in [-0.39, 0.29) is 11.5 Å². The van der Waals surface area contributed by atoms with Gasteiger partial charge in [0, 0.05) is 0 Å². The quantitative estimate of drug-likeness (QED) is 0.451. The lowest BCUT2D eigenvalue weighted by Gasteiger charge is -2.61. The summed E-state index contributed by atoms with van der Waals surface area (Å²) in [5.74, 6) is 4.50. The summed E-state index contributed by atoms with van der Waals surface area (Å²) in [6.45, 7) is 17.2. The smallest absolute Gasteiger partial charge is 0.0602 e. The van der Waals surface area contributed by atoms with Crippen LogP contribution < -0.4 is 0 Å². The molecule has 1 heteroatoms. The largest absolute Gasteiger partial charge is 0.393 e. The lowest BCUT2D eigenvalue weighted by atomic mass is 9.44. The molecule has 172 valence electrons. The highest BCUT2D eigenvalue weighted by atomic mass is 16.3. The molecule has 30 heavy (non-hydrogen) atoms. The van der Waals surface area contributed by atoms with E-state index in [2.05, 4.69) is 54.5 Å². The number of aliphatic hydroxyl groups excluding tert-OH is 1. The predicted molar refractivity (Wildman–Crippen MR) is 128 cm³/mol. The van der Waals surface area contributed by atoms with Gasteiger partial charge in [0.05, 0.1) is 6.10 Å². The highest BCUT2D eigenvalue weighted by molar-refractivity contribution is 5.30. The van der Waals surface area contributed by atoms with Gasteiger partial charge in [-0.2, -0.15) is 0 Å². The number of hydrogen-bond donors (Lipinski definition) is 1. The fourth-order valence-corrected chi connectivity index (χ4v) is 9.47. The molecule has 3 saturated carbocycles. The molecule has 1 unspecified atom stereocenters. The van der Waals surface area contributed by atoms with E-state index in [0.717, 1.165) is 30.1 Å². The van der Waals surface area contributed by atoms with Crippen LogP contribution in [-0.2, 0) is 0 Å². The molecule has 0 amide bonds. The van der Waals surface area contributed by atoms with Gasteiger partial charge in [-0.1, -0.05) is 85.8 Å². The second-order valence-corrected chi connectivity index (χ2v) is 13.5. The van der Waals surface area contributed by atoms with Crippen molar-refractivity contribution in [3.63, 3.8) is 0 Å². The normalized spacial score (nSPS) is 46.0. The molecular formula is C29H50O. The molecule has 0 aromatic heterocycles. The summed E-state index contributed by atoms with van der Waals surface area (Å²) >= 11 is 0. The summed E-state index contributed by atoms with van der Waals surface area (Å²) in [5.41, 5.74) is 2.57. The Morgan fingerprint density at radius 3 is 2.43 bits per heavy atom. The SMILES string of the molecule is CC(C)CCCC(C)[C@H]1CC[C@H]2[C@@H]3CC=C4C(C)(C)CCC[C@]4(C)[C@H]3C[C@H](O)[C@]12C. The van der Waals surface area contributed by atoms with Gasteiger partial charge in [-0.15, -0.1) is 0 Å². The molecule has 3 fully saturated rings. The van der Waals surface area contributed by atoms with Crippen LogP contribution in [0.15, 0.2) is 11.6 Å². The second-order valence-electron chi connectivity index (χ2n) is 13.5. The Morgan fingerprint density at radius 2 is 1.73 bits per heavy atom. The molecule has 0 bridgehead atoms. The van der Waals surface area contributed by atoms with Gasteiger partial charge in [-0.05, 0) is 90.3 Å². The van der Waals surface area contributed by atoms with Gasteiger partial charge in [0.15, 0.2) is 0 Å². The summed E-state index contributed by atoms with van der Waals surface area (Å²) in [7, 11) is 0. The average Bonchev–Trinajstić information content (AvgIpc) is 3.01. The van der Waals surface area contributed by atoms with Gasteiger partial charge in [0.1, 0.15) is 0 Å². The molecular weight excluding hydrogens is 364 g/mol. The van der Waals surface area contributed by atoms with Crippen molar-refractivity contribution in [3.8, 4) is 0 Å². The van der Waals surface area contributed by atoms with E-state index in [4.69, 9.17) is 0 Å². The number of fused-ring (bicyclic) bond motifs is 5. The molecule has 4 aliphatic rings. The van der Waals surface area contributed by atoms with E-state index < -0.39 is 0 Å². The van der Waals surface area contributed by atoms with Crippen molar-refractivity contribution in [1.82, 2.24) is 0 Å². The summed E-state index contributed by atoms with van der Waals surface area (Å²) < 4.78 is 0. The number of hydrogen-bond acceptors (Lipinski definition) is 1. The van der Waals surface area contributed by atoms with Crippen LogP contribution >= 0.6 is 0 Å². The minimum atomic E-state index is -0.106. The molecule has 0 aliphatic heterocycles. The third-order valence-electron chi connectivity index (χ3n) is 11.0. The van der Waals surface area contributed by atoms with Crippen molar-refractivity contribution in [1.29, 1.82) is 0 Å². The van der Waals surface area contributed by atoms with E-state index in [9.17, 15) is 5.11 Å². The molecule has 0 heterocycles. The van der Waals surface area contributed by atoms with Crippen LogP contribution in [0.25, 0.3) is 0 Å². The first-order chi connectivity index (χ1) is 14.0. The van der Waals surface area contributed by atoms with Gasteiger partial charge >= 0.3 is 0 Å². The summed E-state index contributed by atoms with van der Waals surface area (Å²) in [5, 5.41) is 11.7. The molecule has 4 rings (SSSR count). The van der Waals surface area contributed by atoms with Crippen molar-refractivity contribution in [2.24, 2.45) is 51.8 Å². The lowest BCUT2D eigenvalue weighted by Crippen LogP contribution is -2.57. The Bertz CT molecular complexity index is 659. The van der Waals surface area contributed by atoms with Crippen molar-refractivity contribution < 1.29 is 5.11 Å². The molecule has 1 N–H and O–H groups in total. The van der Waals surface area contributed by atoms with Crippen LogP contribution in [0.1, 0.15) is 113 Å².